The van der Waals surface area contributed by atoms with Gasteiger partial charge in [-0.2, -0.15) is 0 Å². The molecule has 1 aliphatic rings. The Kier molecular flexibility index (Phi) is 7.67. The van der Waals surface area contributed by atoms with E-state index in [0.29, 0.717) is 12.2 Å². The number of anilines is 1. The van der Waals surface area contributed by atoms with Crippen LogP contribution in [-0.4, -0.2) is 37.9 Å². The quantitative estimate of drug-likeness (QED) is 0.240. The lowest BCUT2D eigenvalue weighted by molar-refractivity contribution is 0.331. The summed E-state index contributed by atoms with van der Waals surface area (Å²) in [4.78, 5) is 22.2. The Bertz CT molecular complexity index is 1500. The first-order valence-corrected chi connectivity index (χ1v) is 13.8. The highest BCUT2D eigenvalue weighted by Crippen LogP contribution is 2.33. The van der Waals surface area contributed by atoms with Gasteiger partial charge in [0.05, 0.1) is 5.69 Å². The van der Waals surface area contributed by atoms with Crippen LogP contribution in [0.25, 0.3) is 22.3 Å². The second-order valence-corrected chi connectivity index (χ2v) is 11.0. The van der Waals surface area contributed by atoms with Gasteiger partial charge in [-0.25, -0.2) is 9.97 Å². The van der Waals surface area contributed by atoms with Crippen LogP contribution < -0.4 is 5.73 Å². The lowest BCUT2D eigenvalue weighted by Gasteiger charge is -2.15. The van der Waals surface area contributed by atoms with Crippen molar-refractivity contribution in [2.24, 2.45) is 0 Å². The Morgan fingerprint density at radius 1 is 1.13 bits per heavy atom. The fourth-order valence-corrected chi connectivity index (χ4v) is 5.87. The number of H-pyrrole nitrogens is 1. The molecule has 0 saturated carbocycles. The van der Waals surface area contributed by atoms with Crippen molar-refractivity contribution in [3.8, 4) is 11.1 Å². The standard InChI is InChI=1S/C31H34N6S/c1-5-8-26(28-10-9-27(38-28)20(2)3)30-21(4)35-29(36-30)15-23-14-25(18-34-31(23)32)24-13-22(16-33-17-24)19-37-11-6-7-12-37/h5,8-10,13-14,16-18H,1-2,6-7,11-12,15,19H2,3-4H3,(H2,32,34)(H,35,36)/b26-8-. The van der Waals surface area contributed by atoms with Crippen LogP contribution in [0.2, 0.25) is 0 Å². The number of aryl methyl sites for hydroxylation is 1. The maximum absolute atomic E-state index is 6.32. The molecule has 5 rings (SSSR count). The number of pyridine rings is 2. The topological polar surface area (TPSA) is 83.7 Å². The molecule has 3 N–H and O–H groups in total. The number of aromatic nitrogens is 4. The number of nitrogens with two attached hydrogens (primary N) is 1. The number of nitrogen functional groups attached to an aromatic ring is 1. The van der Waals surface area contributed by atoms with E-state index >= 15 is 0 Å². The average Bonchev–Trinajstić information content (AvgIpc) is 3.66. The summed E-state index contributed by atoms with van der Waals surface area (Å²) >= 11 is 1.71. The minimum atomic E-state index is 0.511. The molecule has 194 valence electrons. The van der Waals surface area contributed by atoms with Crippen LogP contribution in [-0.2, 0) is 13.0 Å². The van der Waals surface area contributed by atoms with E-state index < -0.39 is 0 Å². The van der Waals surface area contributed by atoms with E-state index in [2.05, 4.69) is 57.3 Å². The first kappa shape index (κ1) is 25.8. The Morgan fingerprint density at radius 2 is 1.89 bits per heavy atom. The molecule has 0 spiro atoms. The van der Waals surface area contributed by atoms with E-state index in [-0.39, 0.29) is 0 Å². The molecule has 0 unspecified atom stereocenters. The summed E-state index contributed by atoms with van der Waals surface area (Å²) in [5, 5.41) is 0. The molecule has 0 atom stereocenters. The monoisotopic (exact) mass is 522 g/mol. The van der Waals surface area contributed by atoms with Gasteiger partial charge in [-0.05, 0) is 75.2 Å². The fraction of sp³-hybridized carbons (Fsp3) is 0.258. The number of rotatable bonds is 9. The molecular formula is C31H34N6S. The van der Waals surface area contributed by atoms with Crippen LogP contribution >= 0.6 is 11.3 Å². The van der Waals surface area contributed by atoms with Crippen LogP contribution in [0.4, 0.5) is 5.82 Å². The Balaban J connectivity index is 1.40. The molecule has 6 nitrogen and oxygen atoms in total. The molecule has 0 radical (unpaired) electrons. The summed E-state index contributed by atoms with van der Waals surface area (Å²) in [5.74, 6) is 1.35. The highest BCUT2D eigenvalue weighted by Gasteiger charge is 2.17. The average molecular weight is 523 g/mol. The number of nitrogens with zero attached hydrogens (tertiary/aromatic N) is 4. The zero-order valence-electron chi connectivity index (χ0n) is 22.1. The minimum Gasteiger partial charge on any atom is -0.383 e. The molecule has 38 heavy (non-hydrogen) atoms. The van der Waals surface area contributed by atoms with Crippen molar-refractivity contribution in [1.29, 1.82) is 0 Å². The van der Waals surface area contributed by atoms with Gasteiger partial charge >= 0.3 is 0 Å². The fourth-order valence-electron chi connectivity index (χ4n) is 4.91. The normalized spacial score (nSPS) is 14.2. The predicted octanol–water partition coefficient (Wildman–Crippen LogP) is 6.66. The maximum Gasteiger partial charge on any atom is 0.127 e. The van der Waals surface area contributed by atoms with Gasteiger partial charge in [0.2, 0.25) is 0 Å². The molecular weight excluding hydrogens is 488 g/mol. The predicted molar refractivity (Wildman–Crippen MR) is 159 cm³/mol. The number of likely N-dealkylation sites (tertiary alicyclic amines) is 1. The van der Waals surface area contributed by atoms with Crippen LogP contribution in [0.5, 0.6) is 0 Å². The summed E-state index contributed by atoms with van der Waals surface area (Å²) in [6.45, 7) is 15.3. The zero-order valence-corrected chi connectivity index (χ0v) is 22.9. The Labute approximate surface area is 228 Å². The van der Waals surface area contributed by atoms with Gasteiger partial charge < -0.3 is 10.7 Å². The third-order valence-corrected chi connectivity index (χ3v) is 8.14. The number of allylic oxidation sites excluding steroid dienone is 3. The van der Waals surface area contributed by atoms with Gasteiger partial charge in [-0.3, -0.25) is 9.88 Å². The molecule has 0 aliphatic carbocycles. The summed E-state index contributed by atoms with van der Waals surface area (Å²) in [5.41, 5.74) is 14.5. The van der Waals surface area contributed by atoms with Crippen molar-refractivity contribution in [2.45, 2.75) is 39.7 Å². The molecule has 0 bridgehead atoms. The summed E-state index contributed by atoms with van der Waals surface area (Å²) in [6, 6.07) is 8.55. The lowest BCUT2D eigenvalue weighted by Crippen LogP contribution is -2.18. The second kappa shape index (κ2) is 11.3. The van der Waals surface area contributed by atoms with Crippen molar-refractivity contribution in [3.63, 3.8) is 0 Å². The van der Waals surface area contributed by atoms with Crippen LogP contribution in [0.3, 0.4) is 0 Å². The van der Waals surface area contributed by atoms with Gasteiger partial charge in [0, 0.05) is 69.3 Å². The first-order valence-electron chi connectivity index (χ1n) is 13.0. The molecule has 0 amide bonds. The number of nitrogens with one attached hydrogen (secondary N) is 1. The third-order valence-electron chi connectivity index (χ3n) is 6.86. The van der Waals surface area contributed by atoms with Crippen molar-refractivity contribution < 1.29 is 0 Å². The Morgan fingerprint density at radius 3 is 2.63 bits per heavy atom. The van der Waals surface area contributed by atoms with Crippen molar-refractivity contribution >= 4 is 28.3 Å². The van der Waals surface area contributed by atoms with Gasteiger partial charge in [-0.15, -0.1) is 11.3 Å². The lowest BCUT2D eigenvalue weighted by atomic mass is 10.0. The van der Waals surface area contributed by atoms with Crippen LogP contribution in [0, 0.1) is 6.92 Å². The highest BCUT2D eigenvalue weighted by atomic mass is 32.1. The number of hydrogen-bond donors (Lipinski definition) is 2. The number of thiophene rings is 1. The first-order chi connectivity index (χ1) is 18.4. The molecule has 1 fully saturated rings. The van der Waals surface area contributed by atoms with Gasteiger partial charge in [-0.1, -0.05) is 25.3 Å². The van der Waals surface area contributed by atoms with Gasteiger partial charge in [0.1, 0.15) is 11.6 Å². The zero-order chi connectivity index (χ0) is 26.6. The number of imidazole rings is 1. The third kappa shape index (κ3) is 5.69. The van der Waals surface area contributed by atoms with E-state index in [4.69, 9.17) is 10.7 Å². The summed E-state index contributed by atoms with van der Waals surface area (Å²) < 4.78 is 0. The van der Waals surface area contributed by atoms with Gasteiger partial charge in [0.25, 0.3) is 0 Å². The maximum atomic E-state index is 6.32. The van der Waals surface area contributed by atoms with E-state index in [9.17, 15) is 0 Å². The molecule has 4 aromatic rings. The number of aromatic amines is 1. The minimum absolute atomic E-state index is 0.511. The second-order valence-electron chi connectivity index (χ2n) is 9.93. The molecule has 5 heterocycles. The molecule has 4 aromatic heterocycles. The van der Waals surface area contributed by atoms with E-state index in [1.54, 1.807) is 17.4 Å². The van der Waals surface area contributed by atoms with E-state index in [0.717, 1.165) is 74.4 Å². The SMILES string of the molecule is C=C/C=C(/c1ccc(C(=C)C)s1)c1nc(Cc2cc(-c3cncc(CN4CCCC4)c3)cnc2N)[nH]c1C. The van der Waals surface area contributed by atoms with Crippen molar-refractivity contribution in [2.75, 3.05) is 18.8 Å². The van der Waals surface area contributed by atoms with Crippen molar-refractivity contribution in [1.82, 2.24) is 24.8 Å². The van der Waals surface area contributed by atoms with Crippen LogP contribution in [0.15, 0.2) is 68.2 Å². The summed E-state index contributed by atoms with van der Waals surface area (Å²) in [6.07, 6.45) is 12.6. The molecule has 1 aliphatic heterocycles. The number of hydrogen-bond acceptors (Lipinski definition) is 6. The Hall–Kier alpha value is -3.81. The van der Waals surface area contributed by atoms with E-state index in [1.807, 2.05) is 38.5 Å². The van der Waals surface area contributed by atoms with E-state index in [1.165, 1.54) is 18.4 Å². The molecule has 0 aromatic carbocycles. The molecule has 1 saturated heterocycles. The van der Waals surface area contributed by atoms with Gasteiger partial charge in [0.15, 0.2) is 0 Å². The van der Waals surface area contributed by atoms with Crippen LogP contribution in [0.1, 0.15) is 57.9 Å². The van der Waals surface area contributed by atoms with Crippen molar-refractivity contribution in [3.05, 3.63) is 106 Å². The summed E-state index contributed by atoms with van der Waals surface area (Å²) in [7, 11) is 0. The highest BCUT2D eigenvalue weighted by molar-refractivity contribution is 7.14. The molecule has 7 heteroatoms. The smallest absolute Gasteiger partial charge is 0.127 e. The largest absolute Gasteiger partial charge is 0.383 e.